The quantitative estimate of drug-likeness (QED) is 0.693. The Kier molecular flexibility index (Phi) is 4.30. The number of pyridine rings is 1. The molecule has 3 nitrogen and oxygen atoms in total. The second-order valence-electron chi connectivity index (χ2n) is 5.01. The molecule has 110 valence electrons. The first-order valence-corrected chi connectivity index (χ1v) is 7.68. The Morgan fingerprint density at radius 1 is 1.05 bits per heavy atom. The number of benzene rings is 2. The summed E-state index contributed by atoms with van der Waals surface area (Å²) in [5, 5.41) is 8.10. The van der Waals surface area contributed by atoms with Crippen LogP contribution in [0.15, 0.2) is 60.8 Å². The molecule has 0 atom stereocenters. The Morgan fingerprint density at radius 2 is 1.86 bits per heavy atom. The molecule has 0 unspecified atom stereocenters. The van der Waals surface area contributed by atoms with Crippen LogP contribution in [-0.4, -0.2) is 10.1 Å². The first-order chi connectivity index (χ1) is 10.8. The van der Waals surface area contributed by atoms with Gasteiger partial charge >= 0.3 is 0 Å². The summed E-state index contributed by atoms with van der Waals surface area (Å²) < 4.78 is 0. The summed E-state index contributed by atoms with van der Waals surface area (Å²) in [5.74, 6) is 0. The van der Waals surface area contributed by atoms with Crippen molar-refractivity contribution in [1.82, 2.24) is 4.98 Å². The van der Waals surface area contributed by atoms with Crippen LogP contribution in [0.1, 0.15) is 12.5 Å². The summed E-state index contributed by atoms with van der Waals surface area (Å²) in [5.41, 5.74) is 4.09. The minimum Gasteiger partial charge on any atom is -0.332 e. The van der Waals surface area contributed by atoms with Crippen molar-refractivity contribution < 1.29 is 0 Å². The highest BCUT2D eigenvalue weighted by atomic mass is 32.1. The Hall–Kier alpha value is -2.46. The van der Waals surface area contributed by atoms with Crippen LogP contribution < -0.4 is 10.6 Å². The van der Waals surface area contributed by atoms with Crippen LogP contribution >= 0.6 is 12.2 Å². The van der Waals surface area contributed by atoms with Gasteiger partial charge in [0.15, 0.2) is 5.11 Å². The zero-order valence-electron chi connectivity index (χ0n) is 12.3. The number of aryl methyl sites for hydroxylation is 1. The van der Waals surface area contributed by atoms with Crippen LogP contribution in [0.5, 0.6) is 0 Å². The number of nitrogens with zero attached hydrogens (tertiary/aromatic N) is 1. The summed E-state index contributed by atoms with van der Waals surface area (Å²) in [6.07, 6.45) is 2.79. The number of hydrogen-bond donors (Lipinski definition) is 2. The molecule has 0 saturated heterocycles. The van der Waals surface area contributed by atoms with E-state index in [0.29, 0.717) is 5.11 Å². The third-order valence-corrected chi connectivity index (χ3v) is 3.68. The molecule has 1 heterocycles. The van der Waals surface area contributed by atoms with E-state index >= 15 is 0 Å². The standard InChI is InChI=1S/C18H17N3S/c1-2-13-6-3-9-15(12-13)20-18(22)21-16-10-4-7-14-8-5-11-19-17(14)16/h3-12H,2H2,1H3,(H2,20,21,22). The van der Waals surface area contributed by atoms with E-state index in [0.717, 1.165) is 28.7 Å². The smallest absolute Gasteiger partial charge is 0.175 e. The van der Waals surface area contributed by atoms with Gasteiger partial charge in [-0.25, -0.2) is 0 Å². The number of hydrogen-bond acceptors (Lipinski definition) is 2. The van der Waals surface area contributed by atoms with Gasteiger partial charge in [0.1, 0.15) is 0 Å². The van der Waals surface area contributed by atoms with Crippen molar-refractivity contribution in [3.05, 3.63) is 66.4 Å². The molecule has 2 aromatic carbocycles. The van der Waals surface area contributed by atoms with Crippen molar-refractivity contribution in [1.29, 1.82) is 0 Å². The van der Waals surface area contributed by atoms with Crippen molar-refractivity contribution in [3.63, 3.8) is 0 Å². The lowest BCUT2D eigenvalue weighted by Gasteiger charge is -2.12. The Morgan fingerprint density at radius 3 is 2.73 bits per heavy atom. The third-order valence-electron chi connectivity index (χ3n) is 3.47. The molecule has 0 radical (unpaired) electrons. The summed E-state index contributed by atoms with van der Waals surface area (Å²) in [6, 6.07) is 18.2. The molecule has 3 rings (SSSR count). The number of fused-ring (bicyclic) bond motifs is 1. The molecule has 0 aliphatic rings. The fourth-order valence-corrected chi connectivity index (χ4v) is 2.59. The molecular formula is C18H17N3S. The average molecular weight is 307 g/mol. The number of thiocarbonyl (C=S) groups is 1. The number of nitrogens with one attached hydrogen (secondary N) is 2. The van der Waals surface area contributed by atoms with Gasteiger partial charge in [-0.2, -0.15) is 0 Å². The second-order valence-corrected chi connectivity index (χ2v) is 5.42. The van der Waals surface area contributed by atoms with E-state index in [1.165, 1.54) is 5.56 Å². The summed E-state index contributed by atoms with van der Waals surface area (Å²) in [6.45, 7) is 2.14. The van der Waals surface area contributed by atoms with Gasteiger partial charge in [-0.15, -0.1) is 0 Å². The molecule has 3 aromatic rings. The number of aromatic nitrogens is 1. The normalized spacial score (nSPS) is 10.4. The van der Waals surface area contributed by atoms with Crippen molar-refractivity contribution in [3.8, 4) is 0 Å². The van der Waals surface area contributed by atoms with Crippen LogP contribution in [0.2, 0.25) is 0 Å². The topological polar surface area (TPSA) is 37.0 Å². The molecule has 0 aliphatic heterocycles. The van der Waals surface area contributed by atoms with Crippen LogP contribution in [0.4, 0.5) is 11.4 Å². The molecular weight excluding hydrogens is 290 g/mol. The molecule has 22 heavy (non-hydrogen) atoms. The number of anilines is 2. The lowest BCUT2D eigenvalue weighted by atomic mass is 10.1. The van der Waals surface area contributed by atoms with E-state index in [9.17, 15) is 0 Å². The molecule has 4 heteroatoms. The van der Waals surface area contributed by atoms with Gasteiger partial charge in [-0.1, -0.05) is 37.3 Å². The molecule has 0 spiro atoms. The number of para-hydroxylation sites is 1. The molecule has 2 N–H and O–H groups in total. The van der Waals surface area contributed by atoms with Gasteiger partial charge in [-0.3, -0.25) is 4.98 Å². The van der Waals surface area contributed by atoms with Gasteiger partial charge < -0.3 is 10.6 Å². The lowest BCUT2D eigenvalue weighted by Crippen LogP contribution is -2.19. The fourth-order valence-electron chi connectivity index (χ4n) is 2.36. The molecule has 1 aromatic heterocycles. The number of rotatable bonds is 3. The zero-order chi connectivity index (χ0) is 15.4. The van der Waals surface area contributed by atoms with E-state index in [1.54, 1.807) is 6.20 Å². The molecule has 0 fully saturated rings. The minimum absolute atomic E-state index is 0.561. The van der Waals surface area contributed by atoms with Gasteiger partial charge in [-0.05, 0) is 48.5 Å². The van der Waals surface area contributed by atoms with E-state index < -0.39 is 0 Å². The summed E-state index contributed by atoms with van der Waals surface area (Å²) in [7, 11) is 0. The fraction of sp³-hybridized carbons (Fsp3) is 0.111. The monoisotopic (exact) mass is 307 g/mol. The Balaban J connectivity index is 1.78. The minimum atomic E-state index is 0.561. The highest BCUT2D eigenvalue weighted by Gasteiger charge is 2.04. The Labute approximate surface area is 135 Å². The zero-order valence-corrected chi connectivity index (χ0v) is 13.2. The van der Waals surface area contributed by atoms with Crippen LogP contribution in [0.25, 0.3) is 10.9 Å². The second kappa shape index (κ2) is 6.54. The molecule has 0 bridgehead atoms. The van der Waals surface area contributed by atoms with Gasteiger partial charge in [0.2, 0.25) is 0 Å². The van der Waals surface area contributed by atoms with Gasteiger partial charge in [0.05, 0.1) is 11.2 Å². The van der Waals surface area contributed by atoms with Crippen LogP contribution in [-0.2, 0) is 6.42 Å². The van der Waals surface area contributed by atoms with E-state index in [2.05, 4.69) is 34.7 Å². The lowest BCUT2D eigenvalue weighted by molar-refractivity contribution is 1.14. The van der Waals surface area contributed by atoms with Gasteiger partial charge in [0, 0.05) is 17.3 Å². The van der Waals surface area contributed by atoms with E-state index in [-0.39, 0.29) is 0 Å². The third kappa shape index (κ3) is 3.23. The van der Waals surface area contributed by atoms with Crippen LogP contribution in [0, 0.1) is 0 Å². The molecule has 0 amide bonds. The van der Waals surface area contributed by atoms with E-state index in [4.69, 9.17) is 12.2 Å². The maximum atomic E-state index is 5.41. The van der Waals surface area contributed by atoms with Crippen molar-refractivity contribution in [2.24, 2.45) is 0 Å². The first kappa shape index (κ1) is 14.5. The maximum Gasteiger partial charge on any atom is 0.175 e. The van der Waals surface area contributed by atoms with Gasteiger partial charge in [0.25, 0.3) is 0 Å². The predicted molar refractivity (Wildman–Crippen MR) is 97.4 cm³/mol. The summed E-state index contributed by atoms with van der Waals surface area (Å²) >= 11 is 5.41. The maximum absolute atomic E-state index is 5.41. The van der Waals surface area contributed by atoms with Crippen LogP contribution in [0.3, 0.4) is 0 Å². The average Bonchev–Trinajstić information content (AvgIpc) is 2.55. The SMILES string of the molecule is CCc1cccc(NC(=S)Nc2cccc3cccnc23)c1. The predicted octanol–water partition coefficient (Wildman–Crippen LogP) is 4.61. The summed E-state index contributed by atoms with van der Waals surface area (Å²) in [4.78, 5) is 4.42. The molecule has 0 aliphatic carbocycles. The van der Waals surface area contributed by atoms with Crippen molar-refractivity contribution in [2.75, 3.05) is 10.6 Å². The molecule has 0 saturated carbocycles. The first-order valence-electron chi connectivity index (χ1n) is 7.27. The van der Waals surface area contributed by atoms with Crippen molar-refractivity contribution in [2.45, 2.75) is 13.3 Å². The van der Waals surface area contributed by atoms with Crippen molar-refractivity contribution >= 4 is 39.6 Å². The highest BCUT2D eigenvalue weighted by Crippen LogP contribution is 2.21. The largest absolute Gasteiger partial charge is 0.332 e. The highest BCUT2D eigenvalue weighted by molar-refractivity contribution is 7.80. The Bertz CT molecular complexity index is 809. The van der Waals surface area contributed by atoms with E-state index in [1.807, 2.05) is 42.5 Å².